The maximum absolute atomic E-state index is 12.9. The van der Waals surface area contributed by atoms with Crippen molar-refractivity contribution < 1.29 is 22.7 Å². The molecule has 0 N–H and O–H groups in total. The molecule has 0 atom stereocenters. The van der Waals surface area contributed by atoms with Gasteiger partial charge < -0.3 is 9.64 Å². The van der Waals surface area contributed by atoms with E-state index < -0.39 is 23.4 Å². The number of rotatable bonds is 0. The second-order valence-corrected chi connectivity index (χ2v) is 6.66. The lowest BCUT2D eigenvalue weighted by Crippen LogP contribution is -2.40. The van der Waals surface area contributed by atoms with Crippen LogP contribution in [0.15, 0.2) is 5.38 Å². The third-order valence-corrected chi connectivity index (χ3v) is 3.98. The van der Waals surface area contributed by atoms with E-state index in [1.54, 1.807) is 20.8 Å². The van der Waals surface area contributed by atoms with Crippen molar-refractivity contribution in [3.63, 3.8) is 0 Å². The van der Waals surface area contributed by atoms with Gasteiger partial charge in [0.05, 0.1) is 12.1 Å². The van der Waals surface area contributed by atoms with Crippen LogP contribution in [0.2, 0.25) is 0 Å². The number of halogens is 3. The molecule has 1 aliphatic heterocycles. The Kier molecular flexibility index (Phi) is 3.75. The fourth-order valence-electron chi connectivity index (χ4n) is 2.03. The predicted octanol–water partition coefficient (Wildman–Crippen LogP) is 4.06. The highest BCUT2D eigenvalue weighted by Crippen LogP contribution is 2.39. The minimum Gasteiger partial charge on any atom is -0.444 e. The van der Waals surface area contributed by atoms with E-state index in [-0.39, 0.29) is 12.1 Å². The van der Waals surface area contributed by atoms with Gasteiger partial charge in [-0.15, -0.1) is 11.3 Å². The molecule has 0 spiro atoms. The topological polar surface area (TPSA) is 29.5 Å². The number of fused-ring (bicyclic) bond motifs is 1. The van der Waals surface area contributed by atoms with Crippen molar-refractivity contribution in [2.24, 2.45) is 0 Å². The van der Waals surface area contributed by atoms with E-state index in [9.17, 15) is 18.0 Å². The Bertz CT molecular complexity index is 517. The average molecular weight is 307 g/mol. The number of carbonyl (C=O) groups excluding carboxylic acids is 1. The lowest BCUT2D eigenvalue weighted by atomic mass is 10.0. The van der Waals surface area contributed by atoms with Crippen LogP contribution >= 0.6 is 11.3 Å². The lowest BCUT2D eigenvalue weighted by Gasteiger charge is -2.30. The number of hydrogen-bond acceptors (Lipinski definition) is 3. The molecule has 20 heavy (non-hydrogen) atoms. The molecule has 1 aliphatic rings. The molecule has 3 nitrogen and oxygen atoms in total. The number of carbonyl (C=O) groups is 1. The Morgan fingerprint density at radius 1 is 1.35 bits per heavy atom. The smallest absolute Gasteiger partial charge is 0.417 e. The van der Waals surface area contributed by atoms with Gasteiger partial charge in [0.1, 0.15) is 5.60 Å². The Balaban J connectivity index is 2.18. The van der Waals surface area contributed by atoms with Gasteiger partial charge in [-0.2, -0.15) is 13.2 Å². The van der Waals surface area contributed by atoms with Crippen molar-refractivity contribution in [2.75, 3.05) is 6.54 Å². The van der Waals surface area contributed by atoms with E-state index in [1.165, 1.54) is 4.90 Å². The molecule has 0 aliphatic carbocycles. The molecule has 0 saturated carbocycles. The maximum Gasteiger partial charge on any atom is 0.417 e. The first-order chi connectivity index (χ1) is 9.08. The fraction of sp³-hybridized carbons (Fsp3) is 0.615. The zero-order valence-electron chi connectivity index (χ0n) is 11.5. The van der Waals surface area contributed by atoms with Crippen molar-refractivity contribution in [1.82, 2.24) is 4.90 Å². The van der Waals surface area contributed by atoms with Gasteiger partial charge in [0.15, 0.2) is 0 Å². The molecule has 0 radical (unpaired) electrons. The van der Waals surface area contributed by atoms with Crippen LogP contribution in [0.3, 0.4) is 0 Å². The standard InChI is InChI=1S/C13H16F3NO2S/c1-12(2,3)19-11(18)17-5-4-10-8(6-17)9(7-20-10)13(14,15)16/h7H,4-6H2,1-3H3. The van der Waals surface area contributed by atoms with Crippen molar-refractivity contribution in [3.8, 4) is 0 Å². The first-order valence-corrected chi connectivity index (χ1v) is 7.10. The number of nitrogens with zero attached hydrogens (tertiary/aromatic N) is 1. The Hall–Kier alpha value is -1.24. The van der Waals surface area contributed by atoms with Crippen molar-refractivity contribution in [3.05, 3.63) is 21.4 Å². The second kappa shape index (κ2) is 4.95. The largest absolute Gasteiger partial charge is 0.444 e. The Morgan fingerprint density at radius 3 is 2.55 bits per heavy atom. The first kappa shape index (κ1) is 15.2. The molecule has 1 aromatic heterocycles. The van der Waals surface area contributed by atoms with Gasteiger partial charge in [0.25, 0.3) is 0 Å². The third kappa shape index (κ3) is 3.26. The van der Waals surface area contributed by atoms with Crippen molar-refractivity contribution >= 4 is 17.4 Å². The summed E-state index contributed by atoms with van der Waals surface area (Å²) < 4.78 is 43.8. The van der Waals surface area contributed by atoms with Crippen LogP contribution in [0, 0.1) is 0 Å². The average Bonchev–Trinajstić information content (AvgIpc) is 2.68. The summed E-state index contributed by atoms with van der Waals surface area (Å²) in [5.41, 5.74) is -1.08. The Morgan fingerprint density at radius 2 is 2.00 bits per heavy atom. The van der Waals surface area contributed by atoms with Crippen LogP contribution in [0.5, 0.6) is 0 Å². The fourth-order valence-corrected chi connectivity index (χ4v) is 3.09. The van der Waals surface area contributed by atoms with Crippen LogP contribution in [0.4, 0.5) is 18.0 Å². The highest BCUT2D eigenvalue weighted by molar-refractivity contribution is 7.10. The van der Waals surface area contributed by atoms with E-state index in [0.29, 0.717) is 17.8 Å². The molecule has 112 valence electrons. The summed E-state index contributed by atoms with van der Waals surface area (Å²) in [5.74, 6) is 0. The molecule has 0 aromatic carbocycles. The molecule has 2 heterocycles. The molecular formula is C13H16F3NO2S. The molecule has 0 unspecified atom stereocenters. The number of amides is 1. The van der Waals surface area contributed by atoms with E-state index >= 15 is 0 Å². The quantitative estimate of drug-likeness (QED) is 0.723. The molecular weight excluding hydrogens is 291 g/mol. The molecule has 2 rings (SSSR count). The number of alkyl halides is 3. The normalized spacial score (nSPS) is 16.0. The summed E-state index contributed by atoms with van der Waals surface area (Å²) in [4.78, 5) is 14.0. The molecule has 1 amide bonds. The zero-order chi connectivity index (χ0) is 15.1. The molecule has 7 heteroatoms. The van der Waals surface area contributed by atoms with Gasteiger partial charge in [0, 0.05) is 16.8 Å². The van der Waals surface area contributed by atoms with Crippen LogP contribution in [-0.2, 0) is 23.9 Å². The first-order valence-electron chi connectivity index (χ1n) is 6.22. The molecule has 0 saturated heterocycles. The van der Waals surface area contributed by atoms with Crippen LogP contribution in [0.1, 0.15) is 36.8 Å². The van der Waals surface area contributed by atoms with Crippen LogP contribution in [-0.4, -0.2) is 23.1 Å². The molecule has 0 bridgehead atoms. The summed E-state index contributed by atoms with van der Waals surface area (Å²) in [6.07, 6.45) is -4.50. The molecule has 0 fully saturated rings. The van der Waals surface area contributed by atoms with E-state index in [2.05, 4.69) is 0 Å². The highest BCUT2D eigenvalue weighted by Gasteiger charge is 2.38. The number of thiophene rings is 1. The highest BCUT2D eigenvalue weighted by atomic mass is 32.1. The van der Waals surface area contributed by atoms with Crippen LogP contribution in [0.25, 0.3) is 0 Å². The summed E-state index contributed by atoms with van der Waals surface area (Å²) >= 11 is 1.11. The van der Waals surface area contributed by atoms with E-state index in [1.807, 2.05) is 0 Å². The van der Waals surface area contributed by atoms with Crippen molar-refractivity contribution in [1.29, 1.82) is 0 Å². The number of ether oxygens (including phenoxy) is 1. The van der Waals surface area contributed by atoms with Crippen molar-refractivity contribution in [2.45, 2.75) is 45.5 Å². The monoisotopic (exact) mass is 307 g/mol. The minimum atomic E-state index is -4.37. The second-order valence-electron chi connectivity index (χ2n) is 5.70. The van der Waals surface area contributed by atoms with Gasteiger partial charge in [-0.25, -0.2) is 4.79 Å². The van der Waals surface area contributed by atoms with Gasteiger partial charge in [-0.05, 0) is 32.8 Å². The minimum absolute atomic E-state index is 0.0391. The summed E-state index contributed by atoms with van der Waals surface area (Å²) in [7, 11) is 0. The van der Waals surface area contributed by atoms with Gasteiger partial charge in [-0.3, -0.25) is 0 Å². The summed E-state index contributed by atoms with van der Waals surface area (Å²) in [5, 5.41) is 1.13. The number of hydrogen-bond donors (Lipinski definition) is 0. The maximum atomic E-state index is 12.9. The van der Waals surface area contributed by atoms with Gasteiger partial charge in [0.2, 0.25) is 0 Å². The lowest BCUT2D eigenvalue weighted by molar-refractivity contribution is -0.138. The van der Waals surface area contributed by atoms with E-state index in [4.69, 9.17) is 4.74 Å². The Labute approximate surface area is 119 Å². The van der Waals surface area contributed by atoms with Crippen LogP contribution < -0.4 is 0 Å². The SMILES string of the molecule is CC(C)(C)OC(=O)N1CCc2scc(C(F)(F)F)c2C1. The van der Waals surface area contributed by atoms with Gasteiger partial charge >= 0.3 is 12.3 Å². The zero-order valence-corrected chi connectivity index (χ0v) is 12.3. The predicted molar refractivity (Wildman–Crippen MR) is 69.7 cm³/mol. The third-order valence-electron chi connectivity index (χ3n) is 2.90. The van der Waals surface area contributed by atoms with E-state index in [0.717, 1.165) is 16.7 Å². The summed E-state index contributed by atoms with van der Waals surface area (Å²) in [6, 6.07) is 0. The summed E-state index contributed by atoms with van der Waals surface area (Å²) in [6.45, 7) is 5.53. The molecule has 1 aromatic rings. The van der Waals surface area contributed by atoms with Gasteiger partial charge in [-0.1, -0.05) is 0 Å².